The summed E-state index contributed by atoms with van der Waals surface area (Å²) in [5.74, 6) is 0.459. The smallest absolute Gasteiger partial charge is 0.318 e. The Bertz CT molecular complexity index is 566. The third kappa shape index (κ3) is 3.67. The molecule has 120 valence electrons. The Hall–Kier alpha value is -1.84. The number of nitrogens with one attached hydrogen (secondary N) is 1. The van der Waals surface area contributed by atoms with Crippen LogP contribution in [0, 0.1) is 19.8 Å². The van der Waals surface area contributed by atoms with Gasteiger partial charge < -0.3 is 10.2 Å². The molecule has 1 aromatic rings. The first-order chi connectivity index (χ1) is 10.4. The fourth-order valence-electron chi connectivity index (χ4n) is 2.76. The molecule has 1 fully saturated rings. The van der Waals surface area contributed by atoms with Crippen LogP contribution in [0.4, 0.5) is 4.79 Å². The summed E-state index contributed by atoms with van der Waals surface area (Å²) in [6.07, 6.45) is 1.64. The molecule has 0 saturated carbocycles. The summed E-state index contributed by atoms with van der Waals surface area (Å²) in [6, 6.07) is 5.33. The summed E-state index contributed by atoms with van der Waals surface area (Å²) in [5.41, 5.74) is 2.99. The minimum atomic E-state index is -0.325. The van der Waals surface area contributed by atoms with Gasteiger partial charge in [0.15, 0.2) is 5.78 Å². The molecular formula is C18H26N2O2. The Labute approximate surface area is 132 Å². The van der Waals surface area contributed by atoms with E-state index in [1.807, 2.05) is 32.0 Å². The van der Waals surface area contributed by atoms with Gasteiger partial charge in [-0.05, 0) is 49.8 Å². The van der Waals surface area contributed by atoms with Gasteiger partial charge in [-0.2, -0.15) is 0 Å². The van der Waals surface area contributed by atoms with Gasteiger partial charge in [0.05, 0.1) is 6.04 Å². The normalized spacial score (nSPS) is 17.9. The Morgan fingerprint density at radius 3 is 2.64 bits per heavy atom. The number of rotatable bonds is 4. The molecule has 1 N–H and O–H groups in total. The van der Waals surface area contributed by atoms with Crippen molar-refractivity contribution in [3.05, 3.63) is 34.9 Å². The van der Waals surface area contributed by atoms with Crippen molar-refractivity contribution >= 4 is 11.8 Å². The Kier molecular flexibility index (Phi) is 5.22. The number of amides is 2. The van der Waals surface area contributed by atoms with Crippen LogP contribution in [0.1, 0.15) is 48.2 Å². The zero-order valence-corrected chi connectivity index (χ0v) is 14.0. The average molecular weight is 302 g/mol. The number of nitrogens with zero attached hydrogens (tertiary/aromatic N) is 1. The number of ketones is 1. The van der Waals surface area contributed by atoms with Gasteiger partial charge in [0, 0.05) is 18.7 Å². The lowest BCUT2D eigenvalue weighted by Gasteiger charge is -2.24. The van der Waals surface area contributed by atoms with Crippen LogP contribution in [0.15, 0.2) is 18.2 Å². The maximum absolute atomic E-state index is 12.7. The molecule has 0 aromatic heterocycles. The molecule has 0 bridgehead atoms. The number of Topliss-reactive ketones (excluding diaryl/α,β-unsaturated/α-hetero) is 1. The summed E-state index contributed by atoms with van der Waals surface area (Å²) in [4.78, 5) is 26.7. The van der Waals surface area contributed by atoms with Crippen molar-refractivity contribution in [3.63, 3.8) is 0 Å². The van der Waals surface area contributed by atoms with Gasteiger partial charge in [0.2, 0.25) is 0 Å². The fourth-order valence-corrected chi connectivity index (χ4v) is 2.76. The van der Waals surface area contributed by atoms with Crippen molar-refractivity contribution in [3.8, 4) is 0 Å². The van der Waals surface area contributed by atoms with E-state index in [9.17, 15) is 9.59 Å². The van der Waals surface area contributed by atoms with Gasteiger partial charge in [-0.3, -0.25) is 4.79 Å². The first-order valence-corrected chi connectivity index (χ1v) is 8.06. The second kappa shape index (κ2) is 6.95. The molecule has 1 aliphatic rings. The molecule has 1 aromatic carbocycles. The number of urea groups is 1. The number of benzene rings is 1. The molecule has 2 rings (SSSR count). The molecule has 22 heavy (non-hydrogen) atoms. The zero-order valence-electron chi connectivity index (χ0n) is 14.0. The van der Waals surface area contributed by atoms with E-state index in [1.54, 1.807) is 4.90 Å². The van der Waals surface area contributed by atoms with Crippen molar-refractivity contribution in [1.82, 2.24) is 10.2 Å². The van der Waals surface area contributed by atoms with Crippen LogP contribution in [0.25, 0.3) is 0 Å². The van der Waals surface area contributed by atoms with Crippen molar-refractivity contribution in [1.29, 1.82) is 0 Å². The van der Waals surface area contributed by atoms with Crippen LogP contribution < -0.4 is 5.32 Å². The molecule has 0 spiro atoms. The van der Waals surface area contributed by atoms with Crippen molar-refractivity contribution in [2.45, 2.75) is 46.6 Å². The standard InChI is InChI=1S/C18H26N2O2/c1-12(2)11-19-18(22)20-9-5-6-16(20)17(21)15-8-7-13(3)14(4)10-15/h7-8,10,12,16H,5-6,9,11H2,1-4H3,(H,19,22). The van der Waals surface area contributed by atoms with E-state index in [0.29, 0.717) is 24.6 Å². The highest BCUT2D eigenvalue weighted by atomic mass is 16.2. The Morgan fingerprint density at radius 2 is 2.00 bits per heavy atom. The summed E-state index contributed by atoms with van der Waals surface area (Å²) in [6.45, 7) is 9.45. The molecular weight excluding hydrogens is 276 g/mol. The predicted molar refractivity (Wildman–Crippen MR) is 88.2 cm³/mol. The molecule has 1 atom stereocenters. The van der Waals surface area contributed by atoms with Crippen LogP contribution >= 0.6 is 0 Å². The Morgan fingerprint density at radius 1 is 1.27 bits per heavy atom. The van der Waals surface area contributed by atoms with Gasteiger partial charge >= 0.3 is 6.03 Å². The maximum Gasteiger partial charge on any atom is 0.318 e. The van der Waals surface area contributed by atoms with Crippen LogP contribution in [-0.2, 0) is 0 Å². The number of hydrogen-bond donors (Lipinski definition) is 1. The van der Waals surface area contributed by atoms with E-state index in [2.05, 4.69) is 19.2 Å². The van der Waals surface area contributed by atoms with E-state index < -0.39 is 0 Å². The molecule has 0 aliphatic carbocycles. The van der Waals surface area contributed by atoms with Gasteiger partial charge in [-0.1, -0.05) is 26.0 Å². The summed E-state index contributed by atoms with van der Waals surface area (Å²) >= 11 is 0. The quantitative estimate of drug-likeness (QED) is 0.867. The highest BCUT2D eigenvalue weighted by Crippen LogP contribution is 2.22. The molecule has 1 heterocycles. The van der Waals surface area contributed by atoms with Crippen molar-refractivity contribution in [2.24, 2.45) is 5.92 Å². The van der Waals surface area contributed by atoms with Crippen LogP contribution in [0.2, 0.25) is 0 Å². The summed E-state index contributed by atoms with van der Waals surface area (Å²) < 4.78 is 0. The highest BCUT2D eigenvalue weighted by molar-refractivity contribution is 6.02. The average Bonchev–Trinajstić information content (AvgIpc) is 2.96. The molecule has 4 heteroatoms. The second-order valence-electron chi connectivity index (χ2n) is 6.59. The zero-order chi connectivity index (χ0) is 16.3. The lowest BCUT2D eigenvalue weighted by Crippen LogP contribution is -2.46. The number of carbonyl (C=O) groups is 2. The predicted octanol–water partition coefficient (Wildman–Crippen LogP) is 3.32. The SMILES string of the molecule is Cc1ccc(C(=O)C2CCCN2C(=O)NCC(C)C)cc1C. The topological polar surface area (TPSA) is 49.4 Å². The number of hydrogen-bond acceptors (Lipinski definition) is 2. The third-order valence-corrected chi connectivity index (χ3v) is 4.27. The monoisotopic (exact) mass is 302 g/mol. The van der Waals surface area contributed by atoms with E-state index in [1.165, 1.54) is 5.56 Å². The molecule has 0 radical (unpaired) electrons. The summed E-state index contributed by atoms with van der Waals surface area (Å²) in [7, 11) is 0. The lowest BCUT2D eigenvalue weighted by molar-refractivity contribution is 0.0887. The van der Waals surface area contributed by atoms with Crippen molar-refractivity contribution in [2.75, 3.05) is 13.1 Å². The number of likely N-dealkylation sites (tertiary alicyclic amines) is 1. The van der Waals surface area contributed by atoms with Gasteiger partial charge in [-0.15, -0.1) is 0 Å². The molecule has 1 unspecified atom stereocenters. The first kappa shape index (κ1) is 16.5. The minimum Gasteiger partial charge on any atom is -0.338 e. The van der Waals surface area contributed by atoms with E-state index in [4.69, 9.17) is 0 Å². The maximum atomic E-state index is 12.7. The largest absolute Gasteiger partial charge is 0.338 e. The lowest BCUT2D eigenvalue weighted by atomic mass is 9.98. The van der Waals surface area contributed by atoms with Crippen LogP contribution in [0.3, 0.4) is 0 Å². The van der Waals surface area contributed by atoms with Crippen molar-refractivity contribution < 1.29 is 9.59 Å². The van der Waals surface area contributed by atoms with Crippen LogP contribution in [0.5, 0.6) is 0 Å². The van der Waals surface area contributed by atoms with E-state index >= 15 is 0 Å². The van der Waals surface area contributed by atoms with E-state index in [-0.39, 0.29) is 17.9 Å². The fraction of sp³-hybridized carbons (Fsp3) is 0.556. The third-order valence-electron chi connectivity index (χ3n) is 4.27. The van der Waals surface area contributed by atoms with Gasteiger partial charge in [-0.25, -0.2) is 4.79 Å². The van der Waals surface area contributed by atoms with E-state index in [0.717, 1.165) is 18.4 Å². The highest BCUT2D eigenvalue weighted by Gasteiger charge is 2.34. The number of aryl methyl sites for hydroxylation is 2. The molecule has 2 amide bonds. The van der Waals surface area contributed by atoms with Gasteiger partial charge in [0.1, 0.15) is 0 Å². The Balaban J connectivity index is 2.10. The minimum absolute atomic E-state index is 0.0558. The molecule has 1 aliphatic heterocycles. The second-order valence-corrected chi connectivity index (χ2v) is 6.59. The van der Waals surface area contributed by atoms with Gasteiger partial charge in [0.25, 0.3) is 0 Å². The number of carbonyl (C=O) groups excluding carboxylic acids is 2. The molecule has 1 saturated heterocycles. The first-order valence-electron chi connectivity index (χ1n) is 8.06. The summed E-state index contributed by atoms with van der Waals surface area (Å²) in [5, 5.41) is 2.92. The molecule has 4 nitrogen and oxygen atoms in total. The van der Waals surface area contributed by atoms with Crippen LogP contribution in [-0.4, -0.2) is 35.8 Å².